The average molecular weight is 366 g/mol. The summed E-state index contributed by atoms with van der Waals surface area (Å²) in [7, 11) is 0. The van der Waals surface area contributed by atoms with Gasteiger partial charge < -0.3 is 15.2 Å². The number of hydrogen-bond acceptors (Lipinski definition) is 4. The van der Waals surface area contributed by atoms with E-state index in [0.29, 0.717) is 36.4 Å². The lowest BCUT2D eigenvalue weighted by Gasteiger charge is -2.32. The highest BCUT2D eigenvalue weighted by atomic mass is 19.1. The highest BCUT2D eigenvalue weighted by Crippen LogP contribution is 2.23. The number of halogens is 1. The molecule has 6 nitrogen and oxygen atoms in total. The SMILES string of the molecule is O=C(Nc1ccccc1F)C1CCCN(c2nc3ccccc3[nH]c2=O)C1. The summed E-state index contributed by atoms with van der Waals surface area (Å²) < 4.78 is 13.8. The van der Waals surface area contributed by atoms with Gasteiger partial charge in [0, 0.05) is 13.1 Å². The molecular formula is C20H19FN4O2. The van der Waals surface area contributed by atoms with Crippen LogP contribution < -0.4 is 15.8 Å². The predicted octanol–water partition coefficient (Wildman–Crippen LogP) is 2.92. The van der Waals surface area contributed by atoms with Crippen molar-refractivity contribution in [3.8, 4) is 0 Å². The molecule has 2 heterocycles. The Balaban J connectivity index is 1.54. The number of aromatic amines is 1. The van der Waals surface area contributed by atoms with E-state index in [1.54, 1.807) is 18.2 Å². The normalized spacial score (nSPS) is 17.1. The second kappa shape index (κ2) is 7.19. The Morgan fingerprint density at radius 2 is 1.96 bits per heavy atom. The van der Waals surface area contributed by atoms with Gasteiger partial charge in [-0.15, -0.1) is 0 Å². The van der Waals surface area contributed by atoms with Crippen molar-refractivity contribution in [3.63, 3.8) is 0 Å². The fourth-order valence-corrected chi connectivity index (χ4v) is 3.42. The van der Waals surface area contributed by atoms with E-state index in [9.17, 15) is 14.0 Å². The molecule has 4 rings (SSSR count). The number of carbonyl (C=O) groups is 1. The van der Waals surface area contributed by atoms with Crippen LogP contribution in [-0.4, -0.2) is 29.0 Å². The lowest BCUT2D eigenvalue weighted by Crippen LogP contribution is -2.43. The van der Waals surface area contributed by atoms with Crippen molar-refractivity contribution in [2.75, 3.05) is 23.3 Å². The van der Waals surface area contributed by atoms with Crippen LogP contribution in [0.2, 0.25) is 0 Å². The molecule has 27 heavy (non-hydrogen) atoms. The molecule has 7 heteroatoms. The molecule has 0 saturated carbocycles. The summed E-state index contributed by atoms with van der Waals surface area (Å²) in [6, 6.07) is 13.4. The van der Waals surface area contributed by atoms with Crippen molar-refractivity contribution in [3.05, 3.63) is 64.7 Å². The first-order valence-corrected chi connectivity index (χ1v) is 8.91. The Kier molecular flexibility index (Phi) is 4.58. The first kappa shape index (κ1) is 17.2. The van der Waals surface area contributed by atoms with E-state index in [1.807, 2.05) is 23.1 Å². The number of H-pyrrole nitrogens is 1. The first-order valence-electron chi connectivity index (χ1n) is 8.91. The summed E-state index contributed by atoms with van der Waals surface area (Å²) in [5.41, 5.74) is 1.27. The van der Waals surface area contributed by atoms with Gasteiger partial charge >= 0.3 is 0 Å². The van der Waals surface area contributed by atoms with Gasteiger partial charge in [0.25, 0.3) is 5.56 Å². The molecular weight excluding hydrogens is 347 g/mol. The Morgan fingerprint density at radius 3 is 2.81 bits per heavy atom. The number of fused-ring (bicyclic) bond motifs is 1. The summed E-state index contributed by atoms with van der Waals surface area (Å²) >= 11 is 0. The molecule has 2 N–H and O–H groups in total. The van der Waals surface area contributed by atoms with Crippen LogP contribution in [0.25, 0.3) is 11.0 Å². The third kappa shape index (κ3) is 3.53. The lowest BCUT2D eigenvalue weighted by molar-refractivity contribution is -0.120. The molecule has 3 aromatic rings. The van der Waals surface area contributed by atoms with Gasteiger partial charge in [0.05, 0.1) is 22.6 Å². The third-order valence-corrected chi connectivity index (χ3v) is 4.81. The molecule has 1 aliphatic heterocycles. The molecule has 1 saturated heterocycles. The van der Waals surface area contributed by atoms with Crippen LogP contribution in [0.3, 0.4) is 0 Å². The van der Waals surface area contributed by atoms with E-state index in [4.69, 9.17) is 0 Å². The molecule has 1 amide bonds. The Labute approximate surface area is 155 Å². The number of rotatable bonds is 3. The van der Waals surface area contributed by atoms with Crippen molar-refractivity contribution >= 4 is 28.4 Å². The summed E-state index contributed by atoms with van der Waals surface area (Å²) in [4.78, 5) is 34.2. The molecule has 1 aromatic heterocycles. The van der Waals surface area contributed by atoms with Crippen LogP contribution in [0.5, 0.6) is 0 Å². The van der Waals surface area contributed by atoms with E-state index in [-0.39, 0.29) is 23.1 Å². The fourth-order valence-electron chi connectivity index (χ4n) is 3.42. The number of piperidine rings is 1. The van der Waals surface area contributed by atoms with Gasteiger partial charge in [0.1, 0.15) is 5.82 Å². The quantitative estimate of drug-likeness (QED) is 0.747. The van der Waals surface area contributed by atoms with Crippen molar-refractivity contribution in [1.29, 1.82) is 0 Å². The number of carbonyl (C=O) groups excluding carboxylic acids is 1. The molecule has 1 unspecified atom stereocenters. The molecule has 0 radical (unpaired) electrons. The van der Waals surface area contributed by atoms with Crippen LogP contribution in [0.1, 0.15) is 12.8 Å². The zero-order chi connectivity index (χ0) is 18.8. The van der Waals surface area contributed by atoms with E-state index in [0.717, 1.165) is 6.42 Å². The molecule has 138 valence electrons. The van der Waals surface area contributed by atoms with Crippen molar-refractivity contribution in [2.45, 2.75) is 12.8 Å². The van der Waals surface area contributed by atoms with Gasteiger partial charge in [-0.1, -0.05) is 24.3 Å². The third-order valence-electron chi connectivity index (χ3n) is 4.81. The van der Waals surface area contributed by atoms with Crippen LogP contribution >= 0.6 is 0 Å². The number of benzene rings is 2. The Morgan fingerprint density at radius 1 is 1.19 bits per heavy atom. The van der Waals surface area contributed by atoms with E-state index in [2.05, 4.69) is 15.3 Å². The number of nitrogens with zero attached hydrogens (tertiary/aromatic N) is 2. The smallest absolute Gasteiger partial charge is 0.291 e. The molecule has 1 atom stereocenters. The molecule has 1 aliphatic rings. The number of para-hydroxylation sites is 3. The second-order valence-electron chi connectivity index (χ2n) is 6.66. The van der Waals surface area contributed by atoms with E-state index in [1.165, 1.54) is 12.1 Å². The number of hydrogen-bond donors (Lipinski definition) is 2. The highest BCUT2D eigenvalue weighted by molar-refractivity contribution is 5.93. The summed E-state index contributed by atoms with van der Waals surface area (Å²) in [5.74, 6) is -0.740. The predicted molar refractivity (Wildman–Crippen MR) is 102 cm³/mol. The maximum atomic E-state index is 13.8. The van der Waals surface area contributed by atoms with E-state index < -0.39 is 5.82 Å². The minimum Gasteiger partial charge on any atom is -0.351 e. The fraction of sp³-hybridized carbons (Fsp3) is 0.250. The van der Waals surface area contributed by atoms with E-state index >= 15 is 0 Å². The van der Waals surface area contributed by atoms with Crippen molar-refractivity contribution < 1.29 is 9.18 Å². The summed E-state index contributed by atoms with van der Waals surface area (Å²) in [6.45, 7) is 1.02. The Bertz CT molecular complexity index is 1050. The second-order valence-corrected chi connectivity index (χ2v) is 6.66. The maximum Gasteiger partial charge on any atom is 0.291 e. The van der Waals surface area contributed by atoms with Crippen LogP contribution in [0.15, 0.2) is 53.3 Å². The standard InChI is InChI=1S/C20H19FN4O2/c21-14-7-1-2-8-15(14)23-19(26)13-6-5-11-25(12-13)18-20(27)24-17-10-4-3-9-16(17)22-18/h1-4,7-10,13H,5-6,11-12H2,(H,23,26)(H,24,27). The first-order chi connectivity index (χ1) is 13.1. The number of aromatic nitrogens is 2. The largest absolute Gasteiger partial charge is 0.351 e. The zero-order valence-electron chi connectivity index (χ0n) is 14.6. The van der Waals surface area contributed by atoms with Crippen molar-refractivity contribution in [1.82, 2.24) is 9.97 Å². The lowest BCUT2D eigenvalue weighted by atomic mass is 9.97. The Hall–Kier alpha value is -3.22. The molecule has 0 spiro atoms. The zero-order valence-corrected chi connectivity index (χ0v) is 14.6. The topological polar surface area (TPSA) is 78.1 Å². The average Bonchev–Trinajstić information content (AvgIpc) is 2.69. The minimum atomic E-state index is -0.467. The maximum absolute atomic E-state index is 13.8. The van der Waals surface area contributed by atoms with Gasteiger partial charge in [-0.25, -0.2) is 9.37 Å². The van der Waals surface area contributed by atoms with Gasteiger partial charge in [-0.05, 0) is 37.1 Å². The van der Waals surface area contributed by atoms with Gasteiger partial charge in [-0.3, -0.25) is 9.59 Å². The van der Waals surface area contributed by atoms with Gasteiger partial charge in [0.15, 0.2) is 5.82 Å². The van der Waals surface area contributed by atoms with Crippen molar-refractivity contribution in [2.24, 2.45) is 5.92 Å². The van der Waals surface area contributed by atoms with Crippen LogP contribution in [0, 0.1) is 11.7 Å². The van der Waals surface area contributed by atoms with Crippen LogP contribution in [-0.2, 0) is 4.79 Å². The molecule has 0 aliphatic carbocycles. The monoisotopic (exact) mass is 366 g/mol. The summed E-state index contributed by atoms with van der Waals surface area (Å²) in [6.07, 6.45) is 1.44. The summed E-state index contributed by atoms with van der Waals surface area (Å²) in [5, 5.41) is 2.65. The number of amides is 1. The number of nitrogens with one attached hydrogen (secondary N) is 2. The molecule has 0 bridgehead atoms. The minimum absolute atomic E-state index is 0.168. The molecule has 1 fully saturated rings. The molecule has 2 aromatic carbocycles. The van der Waals surface area contributed by atoms with Gasteiger partial charge in [-0.2, -0.15) is 0 Å². The number of anilines is 2. The van der Waals surface area contributed by atoms with Gasteiger partial charge in [0.2, 0.25) is 5.91 Å². The van der Waals surface area contributed by atoms with Crippen LogP contribution in [0.4, 0.5) is 15.9 Å². The highest BCUT2D eigenvalue weighted by Gasteiger charge is 2.28.